The zero-order valence-corrected chi connectivity index (χ0v) is 19.4. The number of methoxy groups -OCH3 is 1. The molecule has 0 spiro atoms. The highest BCUT2D eigenvalue weighted by Crippen LogP contribution is 2.27. The van der Waals surface area contributed by atoms with Crippen LogP contribution in [-0.2, 0) is 9.53 Å². The molecule has 0 saturated heterocycles. The van der Waals surface area contributed by atoms with Crippen molar-refractivity contribution in [2.45, 2.75) is 19.4 Å². The van der Waals surface area contributed by atoms with Gasteiger partial charge in [-0.1, -0.05) is 47.5 Å². The average Bonchev–Trinajstić information content (AvgIpc) is 3.34. The summed E-state index contributed by atoms with van der Waals surface area (Å²) in [5, 5.41) is 11.6. The van der Waals surface area contributed by atoms with Crippen molar-refractivity contribution in [2.75, 3.05) is 7.11 Å². The van der Waals surface area contributed by atoms with Crippen LogP contribution in [0.5, 0.6) is 0 Å². The zero-order chi connectivity index (χ0) is 24.1. The molecule has 0 aliphatic carbocycles. The molecule has 172 valence electrons. The summed E-state index contributed by atoms with van der Waals surface area (Å²) in [5.74, 6) is -0.0445. The number of nitrogens with one attached hydrogen (secondary N) is 1. The highest BCUT2D eigenvalue weighted by molar-refractivity contribution is 6.31. The van der Waals surface area contributed by atoms with Crippen molar-refractivity contribution >= 4 is 23.5 Å². The van der Waals surface area contributed by atoms with E-state index in [0.29, 0.717) is 33.5 Å². The highest BCUT2D eigenvalue weighted by atomic mass is 35.5. The maximum Gasteiger partial charge on any atom is 0.307 e. The minimum absolute atomic E-state index is 0.0478. The number of benzene rings is 3. The number of carbonyl (C=O) groups excluding carboxylic acids is 2. The molecule has 34 heavy (non-hydrogen) atoms. The Labute approximate surface area is 201 Å². The van der Waals surface area contributed by atoms with Crippen molar-refractivity contribution in [3.05, 3.63) is 94.5 Å². The Hall–Kier alpha value is -3.97. The van der Waals surface area contributed by atoms with Gasteiger partial charge in [-0.05, 0) is 55.0 Å². The topological polar surface area (TPSA) is 94.3 Å². The van der Waals surface area contributed by atoms with E-state index in [1.54, 1.807) is 48.5 Å². The predicted octanol–water partition coefficient (Wildman–Crippen LogP) is 5.40. The van der Waals surface area contributed by atoms with E-state index in [1.807, 2.05) is 31.2 Å². The monoisotopic (exact) mass is 475 g/mol. The smallest absolute Gasteiger partial charge is 0.307 e. The summed E-state index contributed by atoms with van der Waals surface area (Å²) in [4.78, 5) is 24.8. The van der Waals surface area contributed by atoms with Crippen molar-refractivity contribution in [1.82, 2.24) is 15.5 Å². The van der Waals surface area contributed by atoms with Crippen LogP contribution in [0, 0.1) is 6.92 Å². The molecular weight excluding hydrogens is 454 g/mol. The second-order valence-electron chi connectivity index (χ2n) is 7.68. The molecule has 0 saturated carbocycles. The molecule has 1 amide bonds. The molecule has 1 unspecified atom stereocenters. The van der Waals surface area contributed by atoms with Crippen LogP contribution in [0.1, 0.15) is 33.9 Å². The van der Waals surface area contributed by atoms with Crippen LogP contribution in [0.4, 0.5) is 0 Å². The molecule has 0 aliphatic rings. The van der Waals surface area contributed by atoms with E-state index in [0.717, 1.165) is 11.1 Å². The van der Waals surface area contributed by atoms with Gasteiger partial charge in [0, 0.05) is 21.7 Å². The lowest BCUT2D eigenvalue weighted by Crippen LogP contribution is -2.30. The molecule has 4 rings (SSSR count). The van der Waals surface area contributed by atoms with Crippen LogP contribution in [0.15, 0.2) is 77.2 Å². The van der Waals surface area contributed by atoms with Crippen LogP contribution in [0.25, 0.3) is 22.9 Å². The Kier molecular flexibility index (Phi) is 7.04. The van der Waals surface area contributed by atoms with Crippen LogP contribution < -0.4 is 5.32 Å². The Morgan fingerprint density at radius 2 is 1.53 bits per heavy atom. The fourth-order valence-electron chi connectivity index (χ4n) is 3.40. The lowest BCUT2D eigenvalue weighted by Gasteiger charge is -2.19. The first-order chi connectivity index (χ1) is 16.4. The molecule has 0 bridgehead atoms. The fraction of sp³-hybridized carbons (Fsp3) is 0.154. The number of aromatic nitrogens is 2. The van der Waals surface area contributed by atoms with Crippen LogP contribution in [0.2, 0.25) is 5.02 Å². The molecule has 0 radical (unpaired) electrons. The van der Waals surface area contributed by atoms with Gasteiger partial charge < -0.3 is 14.5 Å². The molecule has 0 aliphatic heterocycles. The van der Waals surface area contributed by atoms with E-state index in [4.69, 9.17) is 20.8 Å². The van der Waals surface area contributed by atoms with Gasteiger partial charge in [-0.25, -0.2) is 0 Å². The number of carbonyl (C=O) groups is 2. The maximum absolute atomic E-state index is 12.9. The highest BCUT2D eigenvalue weighted by Gasteiger charge is 2.22. The number of hydrogen-bond donors (Lipinski definition) is 1. The Morgan fingerprint density at radius 3 is 2.12 bits per heavy atom. The number of halogens is 1. The number of esters is 1. The molecule has 4 aromatic rings. The van der Waals surface area contributed by atoms with Crippen molar-refractivity contribution in [1.29, 1.82) is 0 Å². The minimum Gasteiger partial charge on any atom is -0.469 e. The quantitative estimate of drug-likeness (QED) is 0.360. The molecule has 7 nitrogen and oxygen atoms in total. The second-order valence-corrected chi connectivity index (χ2v) is 8.09. The van der Waals surface area contributed by atoms with Crippen molar-refractivity contribution in [2.24, 2.45) is 0 Å². The predicted molar refractivity (Wildman–Crippen MR) is 128 cm³/mol. The van der Waals surface area contributed by atoms with Gasteiger partial charge in [0.1, 0.15) is 0 Å². The Bertz CT molecular complexity index is 1300. The van der Waals surface area contributed by atoms with E-state index >= 15 is 0 Å². The number of rotatable bonds is 7. The first-order valence-corrected chi connectivity index (χ1v) is 11.0. The van der Waals surface area contributed by atoms with Gasteiger partial charge in [-0.2, -0.15) is 0 Å². The van der Waals surface area contributed by atoms with Gasteiger partial charge in [0.2, 0.25) is 11.8 Å². The Balaban J connectivity index is 1.50. The number of aryl methyl sites for hydroxylation is 1. The average molecular weight is 476 g/mol. The standard InChI is InChI=1S/C26H22ClN3O4/c1-16-7-9-18(10-8-16)25-29-30-26(34-25)19-13-11-17(12-14-19)24(32)28-22(15-23(31)33-2)20-5-3-4-6-21(20)27/h3-14,22H,15H2,1-2H3,(H,28,32). The van der Waals surface area contributed by atoms with E-state index in [2.05, 4.69) is 15.5 Å². The van der Waals surface area contributed by atoms with Gasteiger partial charge in [-0.3, -0.25) is 9.59 Å². The first-order valence-electron chi connectivity index (χ1n) is 10.6. The molecule has 1 heterocycles. The molecule has 1 N–H and O–H groups in total. The number of amides is 1. The molecule has 3 aromatic carbocycles. The van der Waals surface area contributed by atoms with Gasteiger partial charge in [0.15, 0.2) is 0 Å². The van der Waals surface area contributed by atoms with E-state index < -0.39 is 12.0 Å². The molecule has 1 aromatic heterocycles. The molecule has 1 atom stereocenters. The minimum atomic E-state index is -0.638. The maximum atomic E-state index is 12.9. The van der Waals surface area contributed by atoms with E-state index in [-0.39, 0.29) is 12.3 Å². The summed E-state index contributed by atoms with van der Waals surface area (Å²) in [7, 11) is 1.30. The fourth-order valence-corrected chi connectivity index (χ4v) is 3.67. The second kappa shape index (κ2) is 10.3. The van der Waals surface area contributed by atoms with E-state index in [1.165, 1.54) is 7.11 Å². The summed E-state index contributed by atoms with van der Waals surface area (Å²) >= 11 is 6.29. The van der Waals surface area contributed by atoms with Crippen molar-refractivity contribution < 1.29 is 18.7 Å². The summed E-state index contributed by atoms with van der Waals surface area (Å²) in [6.07, 6.45) is -0.0478. The normalized spacial score (nSPS) is 11.6. The SMILES string of the molecule is COC(=O)CC(NC(=O)c1ccc(-c2nnc(-c3ccc(C)cc3)o2)cc1)c1ccccc1Cl. The largest absolute Gasteiger partial charge is 0.469 e. The molecule has 8 heteroatoms. The Morgan fingerprint density at radius 1 is 0.941 bits per heavy atom. The van der Waals surface area contributed by atoms with Gasteiger partial charge in [0.05, 0.1) is 19.6 Å². The lowest BCUT2D eigenvalue weighted by molar-refractivity contribution is -0.141. The van der Waals surface area contributed by atoms with Crippen LogP contribution in [0.3, 0.4) is 0 Å². The third-order valence-electron chi connectivity index (χ3n) is 5.30. The zero-order valence-electron chi connectivity index (χ0n) is 18.6. The lowest BCUT2D eigenvalue weighted by atomic mass is 10.0. The number of nitrogens with zero attached hydrogens (tertiary/aromatic N) is 2. The van der Waals surface area contributed by atoms with Crippen LogP contribution >= 0.6 is 11.6 Å². The first kappa shape index (κ1) is 23.2. The number of hydrogen-bond acceptors (Lipinski definition) is 6. The van der Waals surface area contributed by atoms with Gasteiger partial charge in [-0.15, -0.1) is 10.2 Å². The van der Waals surface area contributed by atoms with Crippen LogP contribution in [-0.4, -0.2) is 29.2 Å². The van der Waals surface area contributed by atoms with Gasteiger partial charge >= 0.3 is 5.97 Å². The number of ether oxygens (including phenoxy) is 1. The summed E-state index contributed by atoms with van der Waals surface area (Å²) in [6.45, 7) is 2.01. The summed E-state index contributed by atoms with van der Waals surface area (Å²) in [6, 6.07) is 21.0. The van der Waals surface area contributed by atoms with E-state index in [9.17, 15) is 9.59 Å². The van der Waals surface area contributed by atoms with Crippen molar-refractivity contribution in [3.63, 3.8) is 0 Å². The van der Waals surface area contributed by atoms with Crippen molar-refractivity contribution in [3.8, 4) is 22.9 Å². The molecular formula is C26H22ClN3O4. The summed E-state index contributed by atoms with van der Waals surface area (Å²) in [5.41, 5.74) is 3.69. The third kappa shape index (κ3) is 5.32. The summed E-state index contributed by atoms with van der Waals surface area (Å²) < 4.78 is 10.6. The third-order valence-corrected chi connectivity index (χ3v) is 5.65. The molecule has 0 fully saturated rings. The van der Waals surface area contributed by atoms with Gasteiger partial charge in [0.25, 0.3) is 5.91 Å².